The van der Waals surface area contributed by atoms with Crippen LogP contribution in [0.3, 0.4) is 0 Å². The number of rotatable bonds is 5. The van der Waals surface area contributed by atoms with E-state index in [4.69, 9.17) is 0 Å². The largest absolute Gasteiger partial charge is 0.310 e. The second kappa shape index (κ2) is 6.04. The molecule has 0 aromatic carbocycles. The minimum atomic E-state index is 0.419. The number of aromatic nitrogens is 2. The van der Waals surface area contributed by atoms with Gasteiger partial charge in [0.15, 0.2) is 0 Å². The van der Waals surface area contributed by atoms with E-state index in [1.165, 1.54) is 44.1 Å². The quantitative estimate of drug-likeness (QED) is 0.802. The van der Waals surface area contributed by atoms with Gasteiger partial charge in [-0.2, -0.15) is 5.10 Å². The zero-order valence-corrected chi connectivity index (χ0v) is 10.2. The van der Waals surface area contributed by atoms with E-state index in [1.54, 1.807) is 0 Å². The number of hydrogen-bond acceptors (Lipinski definition) is 2. The predicted octanol–water partition coefficient (Wildman–Crippen LogP) is 3.03. The summed E-state index contributed by atoms with van der Waals surface area (Å²) in [6, 6.07) is 0.419. The van der Waals surface area contributed by atoms with Gasteiger partial charge in [-0.3, -0.25) is 5.10 Å². The van der Waals surface area contributed by atoms with Crippen molar-refractivity contribution >= 4 is 0 Å². The lowest BCUT2D eigenvalue weighted by Crippen LogP contribution is -2.22. The summed E-state index contributed by atoms with van der Waals surface area (Å²) in [5.74, 6) is 0.970. The fraction of sp³-hybridized carbons (Fsp3) is 0.769. The molecule has 0 saturated heterocycles. The van der Waals surface area contributed by atoms with Crippen LogP contribution in [-0.4, -0.2) is 16.7 Å². The first kappa shape index (κ1) is 11.6. The second-order valence-corrected chi connectivity index (χ2v) is 5.00. The maximum atomic E-state index is 3.98. The number of H-pyrrole nitrogens is 1. The summed E-state index contributed by atoms with van der Waals surface area (Å²) in [6.07, 6.45) is 12.4. The van der Waals surface area contributed by atoms with Crippen LogP contribution in [0.25, 0.3) is 0 Å². The van der Waals surface area contributed by atoms with Crippen molar-refractivity contribution in [1.82, 2.24) is 15.5 Å². The van der Waals surface area contributed by atoms with Crippen molar-refractivity contribution in [3.63, 3.8) is 0 Å². The third-order valence-electron chi connectivity index (χ3n) is 3.75. The Kier molecular flexibility index (Phi) is 4.40. The maximum Gasteiger partial charge on any atom is 0.0534 e. The standard InChI is InChI=1S/C13H23N3/c1-11(13-9-15-16-10-13)14-8-7-12-5-3-2-4-6-12/h9-12,14H,2-8H2,1H3,(H,15,16). The van der Waals surface area contributed by atoms with E-state index in [0.29, 0.717) is 6.04 Å². The Morgan fingerprint density at radius 1 is 1.44 bits per heavy atom. The lowest BCUT2D eigenvalue weighted by Gasteiger charge is -2.22. The van der Waals surface area contributed by atoms with Crippen LogP contribution in [0, 0.1) is 5.92 Å². The molecule has 3 nitrogen and oxygen atoms in total. The average Bonchev–Trinajstić information content (AvgIpc) is 2.84. The van der Waals surface area contributed by atoms with Gasteiger partial charge in [0.05, 0.1) is 6.20 Å². The Morgan fingerprint density at radius 2 is 2.25 bits per heavy atom. The van der Waals surface area contributed by atoms with Gasteiger partial charge in [-0.1, -0.05) is 32.1 Å². The number of nitrogens with zero attached hydrogens (tertiary/aromatic N) is 1. The molecule has 1 aliphatic rings. The molecule has 2 rings (SSSR count). The molecule has 1 aromatic heterocycles. The molecule has 3 heteroatoms. The molecule has 1 aliphatic carbocycles. The summed E-state index contributed by atoms with van der Waals surface area (Å²) < 4.78 is 0. The molecular formula is C13H23N3. The summed E-state index contributed by atoms with van der Waals surface area (Å²) in [5.41, 5.74) is 1.25. The molecule has 0 amide bonds. The molecule has 90 valence electrons. The van der Waals surface area contributed by atoms with Crippen molar-refractivity contribution < 1.29 is 0 Å². The molecule has 1 unspecified atom stereocenters. The molecule has 0 spiro atoms. The molecule has 0 aliphatic heterocycles. The van der Waals surface area contributed by atoms with Crippen molar-refractivity contribution in [2.75, 3.05) is 6.54 Å². The van der Waals surface area contributed by atoms with Gasteiger partial charge in [-0.25, -0.2) is 0 Å². The van der Waals surface area contributed by atoms with Gasteiger partial charge in [0, 0.05) is 17.8 Å². The average molecular weight is 221 g/mol. The van der Waals surface area contributed by atoms with Gasteiger partial charge in [-0.15, -0.1) is 0 Å². The molecule has 16 heavy (non-hydrogen) atoms. The maximum absolute atomic E-state index is 3.98. The predicted molar refractivity (Wildman–Crippen MR) is 66.2 cm³/mol. The Bertz CT molecular complexity index is 275. The second-order valence-electron chi connectivity index (χ2n) is 5.00. The Morgan fingerprint density at radius 3 is 2.94 bits per heavy atom. The van der Waals surface area contributed by atoms with Crippen LogP contribution in [0.4, 0.5) is 0 Å². The molecule has 0 radical (unpaired) electrons. The molecule has 1 aromatic rings. The topological polar surface area (TPSA) is 40.7 Å². The first-order chi connectivity index (χ1) is 7.86. The van der Waals surface area contributed by atoms with E-state index in [9.17, 15) is 0 Å². The summed E-state index contributed by atoms with van der Waals surface area (Å²) in [6.45, 7) is 3.34. The molecule has 1 saturated carbocycles. The summed E-state index contributed by atoms with van der Waals surface area (Å²) in [4.78, 5) is 0. The van der Waals surface area contributed by atoms with E-state index in [1.807, 2.05) is 12.4 Å². The zero-order chi connectivity index (χ0) is 11.2. The minimum Gasteiger partial charge on any atom is -0.310 e. The van der Waals surface area contributed by atoms with Crippen LogP contribution in [0.15, 0.2) is 12.4 Å². The van der Waals surface area contributed by atoms with Crippen LogP contribution in [-0.2, 0) is 0 Å². The van der Waals surface area contributed by atoms with E-state index in [-0.39, 0.29) is 0 Å². The number of aromatic amines is 1. The van der Waals surface area contributed by atoms with E-state index in [2.05, 4.69) is 22.4 Å². The van der Waals surface area contributed by atoms with Crippen LogP contribution in [0.5, 0.6) is 0 Å². The Labute approximate surface area is 98.0 Å². The first-order valence-corrected chi connectivity index (χ1v) is 6.58. The van der Waals surface area contributed by atoms with Gasteiger partial charge in [0.1, 0.15) is 0 Å². The minimum absolute atomic E-state index is 0.419. The van der Waals surface area contributed by atoms with Crippen LogP contribution < -0.4 is 5.32 Å². The van der Waals surface area contributed by atoms with Gasteiger partial charge >= 0.3 is 0 Å². The van der Waals surface area contributed by atoms with Crippen LogP contribution >= 0.6 is 0 Å². The highest BCUT2D eigenvalue weighted by atomic mass is 15.1. The molecular weight excluding hydrogens is 198 g/mol. The van der Waals surface area contributed by atoms with Crippen molar-refractivity contribution in [1.29, 1.82) is 0 Å². The molecule has 1 atom stereocenters. The third-order valence-corrected chi connectivity index (χ3v) is 3.75. The number of hydrogen-bond donors (Lipinski definition) is 2. The lowest BCUT2D eigenvalue weighted by molar-refractivity contribution is 0.329. The fourth-order valence-electron chi connectivity index (χ4n) is 2.60. The first-order valence-electron chi connectivity index (χ1n) is 6.58. The zero-order valence-electron chi connectivity index (χ0n) is 10.2. The highest BCUT2D eigenvalue weighted by Gasteiger charge is 2.13. The fourth-order valence-corrected chi connectivity index (χ4v) is 2.60. The van der Waals surface area contributed by atoms with Crippen molar-refractivity contribution in [3.05, 3.63) is 18.0 Å². The van der Waals surface area contributed by atoms with Crippen LogP contribution in [0.2, 0.25) is 0 Å². The smallest absolute Gasteiger partial charge is 0.0534 e. The third kappa shape index (κ3) is 3.34. The van der Waals surface area contributed by atoms with Crippen LogP contribution in [0.1, 0.15) is 57.1 Å². The van der Waals surface area contributed by atoms with Gasteiger partial charge < -0.3 is 5.32 Å². The van der Waals surface area contributed by atoms with Crippen molar-refractivity contribution in [3.8, 4) is 0 Å². The SMILES string of the molecule is CC(NCCC1CCCCC1)c1cn[nH]c1. The summed E-state index contributed by atoms with van der Waals surface area (Å²) >= 11 is 0. The normalized spacial score (nSPS) is 19.8. The van der Waals surface area contributed by atoms with E-state index >= 15 is 0 Å². The van der Waals surface area contributed by atoms with Crippen molar-refractivity contribution in [2.45, 2.75) is 51.5 Å². The number of nitrogens with one attached hydrogen (secondary N) is 2. The van der Waals surface area contributed by atoms with E-state index in [0.717, 1.165) is 12.5 Å². The van der Waals surface area contributed by atoms with E-state index < -0.39 is 0 Å². The Hall–Kier alpha value is -0.830. The van der Waals surface area contributed by atoms with Gasteiger partial charge in [-0.05, 0) is 25.8 Å². The monoisotopic (exact) mass is 221 g/mol. The van der Waals surface area contributed by atoms with Crippen molar-refractivity contribution in [2.24, 2.45) is 5.92 Å². The van der Waals surface area contributed by atoms with Gasteiger partial charge in [0.2, 0.25) is 0 Å². The molecule has 0 bridgehead atoms. The lowest BCUT2D eigenvalue weighted by atomic mass is 9.87. The van der Waals surface area contributed by atoms with Gasteiger partial charge in [0.25, 0.3) is 0 Å². The summed E-state index contributed by atoms with van der Waals surface area (Å²) in [7, 11) is 0. The molecule has 1 heterocycles. The molecule has 2 N–H and O–H groups in total. The highest BCUT2D eigenvalue weighted by molar-refractivity contribution is 5.07. The molecule has 1 fully saturated rings. The summed E-state index contributed by atoms with van der Waals surface area (Å²) in [5, 5.41) is 10.4. The Balaban J connectivity index is 1.63. The highest BCUT2D eigenvalue weighted by Crippen LogP contribution is 2.26.